The van der Waals surface area contributed by atoms with E-state index in [1.54, 1.807) is 0 Å². The van der Waals surface area contributed by atoms with Crippen LogP contribution in [0.3, 0.4) is 0 Å². The van der Waals surface area contributed by atoms with Crippen molar-refractivity contribution in [3.05, 3.63) is 182 Å². The van der Waals surface area contributed by atoms with Crippen LogP contribution < -0.4 is 0 Å². The zero-order chi connectivity index (χ0) is 39.3. The average Bonchev–Trinajstić information content (AvgIpc) is 4.08. The molecule has 13 aromatic rings. The molecule has 0 N–H and O–H groups in total. The van der Waals surface area contributed by atoms with Gasteiger partial charge < -0.3 is 13.4 Å². The van der Waals surface area contributed by atoms with E-state index in [0.29, 0.717) is 23.5 Å². The number of rotatable bonds is 5. The standard InChI is InChI=1S/C52H30N6O2/c1-2-14-31(15-3-1)49-54-50(32-26-29-45-39(30-32)35-18-7-12-24-44(35)59-45)56-52(55-49)58-42-22-10-5-17-34(42)37-28-27-36-33-16-4-9-21-41(33)57(47(36)48(37)58)43-23-11-6-19-38(43)51-53-40-20-8-13-25-46(40)60-51/h1-30H. The molecule has 0 amide bonds. The second kappa shape index (κ2) is 12.6. The maximum atomic E-state index is 6.44. The van der Waals surface area contributed by atoms with Crippen LogP contribution >= 0.6 is 0 Å². The van der Waals surface area contributed by atoms with Crippen LogP contribution in [0.25, 0.3) is 123 Å². The average molecular weight is 771 g/mol. The molecular weight excluding hydrogens is 741 g/mol. The fourth-order valence-corrected chi connectivity index (χ4v) is 8.97. The first-order valence-electron chi connectivity index (χ1n) is 19.9. The molecule has 0 bridgehead atoms. The van der Waals surface area contributed by atoms with Gasteiger partial charge in [-0.15, -0.1) is 0 Å². The van der Waals surface area contributed by atoms with E-state index >= 15 is 0 Å². The molecule has 60 heavy (non-hydrogen) atoms. The van der Waals surface area contributed by atoms with Crippen LogP contribution in [0.2, 0.25) is 0 Å². The third kappa shape index (κ3) is 4.79. The Morgan fingerprint density at radius 3 is 1.75 bits per heavy atom. The van der Waals surface area contributed by atoms with Crippen molar-refractivity contribution in [2.24, 2.45) is 0 Å². The molecule has 0 saturated carbocycles. The minimum atomic E-state index is 0.513. The molecule has 13 rings (SSSR count). The third-order valence-electron chi connectivity index (χ3n) is 11.6. The summed E-state index contributed by atoms with van der Waals surface area (Å²) in [5.74, 6) is 2.21. The molecule has 5 heterocycles. The van der Waals surface area contributed by atoms with Gasteiger partial charge in [0.1, 0.15) is 16.7 Å². The van der Waals surface area contributed by atoms with E-state index in [1.165, 1.54) is 0 Å². The van der Waals surface area contributed by atoms with Gasteiger partial charge in [-0.25, -0.2) is 9.97 Å². The van der Waals surface area contributed by atoms with Crippen molar-refractivity contribution in [3.8, 4) is 45.9 Å². The number of furan rings is 1. The highest BCUT2D eigenvalue weighted by molar-refractivity contribution is 6.24. The maximum absolute atomic E-state index is 6.44. The Labute approximate surface area is 341 Å². The van der Waals surface area contributed by atoms with Gasteiger partial charge >= 0.3 is 0 Å². The van der Waals surface area contributed by atoms with Gasteiger partial charge in [0.15, 0.2) is 17.2 Å². The molecule has 280 valence electrons. The smallest absolute Gasteiger partial charge is 0.238 e. The van der Waals surface area contributed by atoms with Gasteiger partial charge in [-0.2, -0.15) is 9.97 Å². The number of hydrogen-bond donors (Lipinski definition) is 0. The summed E-state index contributed by atoms with van der Waals surface area (Å²) in [7, 11) is 0. The van der Waals surface area contributed by atoms with Gasteiger partial charge in [0.2, 0.25) is 11.8 Å². The number of aromatic nitrogens is 6. The van der Waals surface area contributed by atoms with Crippen LogP contribution in [0.1, 0.15) is 0 Å². The molecule has 5 aromatic heterocycles. The van der Waals surface area contributed by atoms with Gasteiger partial charge in [-0.1, -0.05) is 121 Å². The lowest BCUT2D eigenvalue weighted by Gasteiger charge is -2.14. The van der Waals surface area contributed by atoms with Gasteiger partial charge in [-0.05, 0) is 60.7 Å². The minimum Gasteiger partial charge on any atom is -0.456 e. The van der Waals surface area contributed by atoms with Crippen LogP contribution in [0, 0.1) is 0 Å². The Morgan fingerprint density at radius 2 is 0.967 bits per heavy atom. The monoisotopic (exact) mass is 770 g/mol. The Balaban J connectivity index is 1.15. The predicted octanol–water partition coefficient (Wildman–Crippen LogP) is 13.1. The van der Waals surface area contributed by atoms with Crippen molar-refractivity contribution in [3.63, 3.8) is 0 Å². The van der Waals surface area contributed by atoms with E-state index in [0.717, 1.165) is 99.0 Å². The summed E-state index contributed by atoms with van der Waals surface area (Å²) >= 11 is 0. The van der Waals surface area contributed by atoms with E-state index < -0.39 is 0 Å². The van der Waals surface area contributed by atoms with Gasteiger partial charge in [-0.3, -0.25) is 4.57 Å². The molecule has 0 aliphatic rings. The fourth-order valence-electron chi connectivity index (χ4n) is 8.97. The van der Waals surface area contributed by atoms with E-state index in [-0.39, 0.29) is 0 Å². The molecule has 0 radical (unpaired) electrons. The van der Waals surface area contributed by atoms with Crippen LogP contribution in [-0.4, -0.2) is 29.1 Å². The van der Waals surface area contributed by atoms with E-state index in [9.17, 15) is 0 Å². The maximum Gasteiger partial charge on any atom is 0.238 e. The lowest BCUT2D eigenvalue weighted by atomic mass is 10.1. The lowest BCUT2D eigenvalue weighted by Crippen LogP contribution is -2.07. The zero-order valence-corrected chi connectivity index (χ0v) is 31.8. The Hall–Kier alpha value is -8.36. The number of fused-ring (bicyclic) bond motifs is 11. The predicted molar refractivity (Wildman–Crippen MR) is 240 cm³/mol. The Kier molecular flexibility index (Phi) is 6.85. The van der Waals surface area contributed by atoms with Crippen molar-refractivity contribution in [1.29, 1.82) is 0 Å². The number of benzene rings is 8. The molecule has 0 saturated heterocycles. The normalized spacial score (nSPS) is 12.0. The number of nitrogens with zero attached hydrogens (tertiary/aromatic N) is 6. The van der Waals surface area contributed by atoms with E-state index in [1.807, 2.05) is 91.0 Å². The molecule has 8 aromatic carbocycles. The van der Waals surface area contributed by atoms with Crippen molar-refractivity contribution >= 4 is 76.6 Å². The third-order valence-corrected chi connectivity index (χ3v) is 11.6. The molecule has 0 unspecified atom stereocenters. The van der Waals surface area contributed by atoms with Crippen molar-refractivity contribution < 1.29 is 8.83 Å². The second-order valence-corrected chi connectivity index (χ2v) is 15.0. The summed E-state index contributed by atoms with van der Waals surface area (Å²) < 4.78 is 17.2. The summed E-state index contributed by atoms with van der Waals surface area (Å²) in [4.78, 5) is 20.8. The molecular formula is C52H30N6O2. The minimum absolute atomic E-state index is 0.513. The van der Waals surface area contributed by atoms with Crippen LogP contribution in [0.4, 0.5) is 0 Å². The molecule has 8 heteroatoms. The molecule has 8 nitrogen and oxygen atoms in total. The van der Waals surface area contributed by atoms with Gasteiger partial charge in [0, 0.05) is 43.4 Å². The first kappa shape index (κ1) is 32.7. The molecule has 0 atom stereocenters. The van der Waals surface area contributed by atoms with Gasteiger partial charge in [0.05, 0.1) is 33.3 Å². The summed E-state index contributed by atoms with van der Waals surface area (Å²) in [6.45, 7) is 0. The van der Waals surface area contributed by atoms with Gasteiger partial charge in [0.25, 0.3) is 0 Å². The topological polar surface area (TPSA) is 87.7 Å². The van der Waals surface area contributed by atoms with Crippen molar-refractivity contribution in [2.45, 2.75) is 0 Å². The van der Waals surface area contributed by atoms with E-state index in [4.69, 9.17) is 28.8 Å². The fraction of sp³-hybridized carbons (Fsp3) is 0. The molecule has 0 aliphatic carbocycles. The second-order valence-electron chi connectivity index (χ2n) is 15.0. The zero-order valence-electron chi connectivity index (χ0n) is 31.8. The summed E-state index contributed by atoms with van der Waals surface area (Å²) in [5, 5.41) is 6.45. The highest BCUT2D eigenvalue weighted by Gasteiger charge is 2.25. The van der Waals surface area contributed by atoms with Crippen molar-refractivity contribution in [2.75, 3.05) is 0 Å². The number of hydrogen-bond acceptors (Lipinski definition) is 6. The number of para-hydroxylation sites is 6. The first-order valence-corrected chi connectivity index (χ1v) is 19.9. The largest absolute Gasteiger partial charge is 0.456 e. The summed E-state index contributed by atoms with van der Waals surface area (Å²) in [5.41, 5.74) is 10.8. The lowest BCUT2D eigenvalue weighted by molar-refractivity contribution is 0.619. The molecule has 0 fully saturated rings. The highest BCUT2D eigenvalue weighted by atomic mass is 16.3. The summed E-state index contributed by atoms with van der Waals surface area (Å²) in [6.07, 6.45) is 0. The Morgan fingerprint density at radius 1 is 0.367 bits per heavy atom. The van der Waals surface area contributed by atoms with E-state index in [2.05, 4.69) is 100 Å². The first-order chi connectivity index (χ1) is 29.7. The molecule has 0 aliphatic heterocycles. The SMILES string of the molecule is c1ccc(-c2nc(-c3ccc4oc5ccccc5c4c3)nc(-n3c4ccccc4c4ccc5c6ccccc6n(-c6ccccc6-c6nc7ccccc7o6)c5c43)n2)cc1. The van der Waals surface area contributed by atoms with Crippen molar-refractivity contribution in [1.82, 2.24) is 29.1 Å². The number of oxazole rings is 1. The molecule has 0 spiro atoms. The highest BCUT2D eigenvalue weighted by Crippen LogP contribution is 2.43. The van der Waals surface area contributed by atoms with Crippen LogP contribution in [-0.2, 0) is 0 Å². The quantitative estimate of drug-likeness (QED) is 0.173. The van der Waals surface area contributed by atoms with Crippen LogP contribution in [0.5, 0.6) is 0 Å². The van der Waals surface area contributed by atoms with Crippen LogP contribution in [0.15, 0.2) is 191 Å². The summed E-state index contributed by atoms with van der Waals surface area (Å²) in [6, 6.07) is 62.2. The Bertz CT molecular complexity index is 3820.